The van der Waals surface area contributed by atoms with Crippen molar-refractivity contribution in [2.24, 2.45) is 17.2 Å². The van der Waals surface area contributed by atoms with E-state index in [0.29, 0.717) is 64.6 Å². The van der Waals surface area contributed by atoms with Gasteiger partial charge in [-0.25, -0.2) is 0 Å². The standard InChI is InChI=1S/C34H51N7O6/c35-17-6-1-2-14-27(32(44)38-19-21-47-23-30(37)42)39-33(45)28(15-5-7-18-36)40-34(46)29-16-9-20-41(29)31(43)22-25-12-8-11-24-10-3-4-13-26(24)25/h3-4,8,10-13,27-29H,1-2,5-7,9,14-23,35-36H2,(H2,37,42)(H,38,44)(H,39,45)(H,40,46)/t27-,28-,29-/m0/s1. The Morgan fingerprint density at radius 2 is 1.53 bits per heavy atom. The largest absolute Gasteiger partial charge is 0.370 e. The molecule has 0 spiro atoms. The van der Waals surface area contributed by atoms with Crippen LogP contribution in [0, 0.1) is 0 Å². The maximum atomic E-state index is 13.6. The van der Waals surface area contributed by atoms with Crippen LogP contribution in [0.25, 0.3) is 10.8 Å². The van der Waals surface area contributed by atoms with Gasteiger partial charge in [0.2, 0.25) is 29.5 Å². The molecule has 9 N–H and O–H groups in total. The number of amides is 5. The van der Waals surface area contributed by atoms with Gasteiger partial charge < -0.3 is 42.8 Å². The number of carbonyl (C=O) groups excluding carboxylic acids is 5. The minimum atomic E-state index is -0.914. The molecule has 0 aromatic heterocycles. The van der Waals surface area contributed by atoms with Crippen molar-refractivity contribution in [3.63, 3.8) is 0 Å². The first-order chi connectivity index (χ1) is 22.7. The Morgan fingerprint density at radius 3 is 2.28 bits per heavy atom. The smallest absolute Gasteiger partial charge is 0.243 e. The summed E-state index contributed by atoms with van der Waals surface area (Å²) in [5.41, 5.74) is 17.3. The summed E-state index contributed by atoms with van der Waals surface area (Å²) in [6.45, 7) is 1.37. The van der Waals surface area contributed by atoms with E-state index in [4.69, 9.17) is 21.9 Å². The molecule has 0 radical (unpaired) electrons. The highest BCUT2D eigenvalue weighted by molar-refractivity contribution is 5.95. The van der Waals surface area contributed by atoms with Crippen molar-refractivity contribution < 1.29 is 28.7 Å². The number of ether oxygens (including phenoxy) is 1. The quantitative estimate of drug-likeness (QED) is 0.105. The van der Waals surface area contributed by atoms with E-state index in [1.54, 1.807) is 4.90 Å². The van der Waals surface area contributed by atoms with Gasteiger partial charge in [0.15, 0.2) is 0 Å². The normalized spacial score (nSPS) is 15.6. The van der Waals surface area contributed by atoms with Crippen LogP contribution < -0.4 is 33.2 Å². The van der Waals surface area contributed by atoms with Crippen LogP contribution in [0.1, 0.15) is 63.4 Å². The fourth-order valence-corrected chi connectivity index (χ4v) is 5.83. The van der Waals surface area contributed by atoms with Crippen molar-refractivity contribution in [3.05, 3.63) is 48.0 Å². The number of likely N-dealkylation sites (tertiary alicyclic amines) is 1. The summed E-state index contributed by atoms with van der Waals surface area (Å²) >= 11 is 0. The minimum Gasteiger partial charge on any atom is -0.370 e. The van der Waals surface area contributed by atoms with Crippen LogP contribution >= 0.6 is 0 Å². The topological polar surface area (TPSA) is 212 Å². The molecular weight excluding hydrogens is 602 g/mol. The SMILES string of the molecule is NCCCCC[C@H](NC(=O)[C@H](CCCCN)NC(=O)[C@@H]1CCCN1C(=O)Cc1cccc2ccccc12)C(=O)NCCOCC(N)=O. The second kappa shape index (κ2) is 20.2. The first-order valence-corrected chi connectivity index (χ1v) is 16.7. The number of nitrogens with one attached hydrogen (secondary N) is 3. The predicted molar refractivity (Wildman–Crippen MR) is 180 cm³/mol. The second-order valence-corrected chi connectivity index (χ2v) is 11.9. The summed E-state index contributed by atoms with van der Waals surface area (Å²) in [5.74, 6) is -2.03. The summed E-state index contributed by atoms with van der Waals surface area (Å²) in [5, 5.41) is 10.5. The molecule has 0 saturated carbocycles. The molecule has 3 rings (SSSR count). The Hall–Kier alpha value is -4.07. The van der Waals surface area contributed by atoms with Gasteiger partial charge >= 0.3 is 0 Å². The van der Waals surface area contributed by atoms with E-state index < -0.39 is 41.8 Å². The van der Waals surface area contributed by atoms with Crippen LogP contribution in [0.5, 0.6) is 0 Å². The molecule has 1 aliphatic rings. The van der Waals surface area contributed by atoms with Gasteiger partial charge in [-0.05, 0) is 74.4 Å². The Morgan fingerprint density at radius 1 is 0.851 bits per heavy atom. The Labute approximate surface area is 276 Å². The molecule has 1 aliphatic heterocycles. The minimum absolute atomic E-state index is 0.0808. The van der Waals surface area contributed by atoms with Crippen molar-refractivity contribution >= 4 is 40.3 Å². The zero-order valence-corrected chi connectivity index (χ0v) is 27.2. The number of hydrogen-bond donors (Lipinski definition) is 6. The first kappa shape index (κ1) is 37.4. The third kappa shape index (κ3) is 12.2. The Bertz CT molecular complexity index is 1330. The lowest BCUT2D eigenvalue weighted by molar-refractivity contribution is -0.139. The van der Waals surface area contributed by atoms with Gasteiger partial charge in [-0.15, -0.1) is 0 Å². The van der Waals surface area contributed by atoms with Crippen LogP contribution in [0.15, 0.2) is 42.5 Å². The van der Waals surface area contributed by atoms with Gasteiger partial charge in [0, 0.05) is 13.1 Å². The number of carbonyl (C=O) groups is 5. The molecular formula is C34H51N7O6. The van der Waals surface area contributed by atoms with Crippen molar-refractivity contribution in [2.75, 3.05) is 39.4 Å². The van der Waals surface area contributed by atoms with E-state index >= 15 is 0 Å². The number of primary amides is 1. The van der Waals surface area contributed by atoms with Gasteiger partial charge in [-0.2, -0.15) is 0 Å². The molecule has 13 heteroatoms. The molecule has 0 aliphatic carbocycles. The fraction of sp³-hybridized carbons (Fsp3) is 0.559. The third-order valence-electron chi connectivity index (χ3n) is 8.30. The number of nitrogens with zero attached hydrogens (tertiary/aromatic N) is 1. The Kier molecular flexibility index (Phi) is 16.1. The molecule has 0 bridgehead atoms. The monoisotopic (exact) mass is 653 g/mol. The van der Waals surface area contributed by atoms with Crippen LogP contribution in [-0.4, -0.2) is 92.0 Å². The first-order valence-electron chi connectivity index (χ1n) is 16.7. The molecule has 3 atom stereocenters. The van der Waals surface area contributed by atoms with E-state index in [2.05, 4.69) is 16.0 Å². The van der Waals surface area contributed by atoms with Gasteiger partial charge in [0.1, 0.15) is 24.7 Å². The van der Waals surface area contributed by atoms with E-state index in [1.807, 2.05) is 42.5 Å². The van der Waals surface area contributed by atoms with E-state index in [0.717, 1.165) is 29.2 Å². The average molecular weight is 654 g/mol. The molecule has 47 heavy (non-hydrogen) atoms. The number of benzene rings is 2. The van der Waals surface area contributed by atoms with Gasteiger partial charge in [-0.3, -0.25) is 24.0 Å². The Balaban J connectivity index is 1.67. The van der Waals surface area contributed by atoms with Gasteiger partial charge in [-0.1, -0.05) is 55.3 Å². The summed E-state index contributed by atoms with van der Waals surface area (Å²) in [6, 6.07) is 11.3. The second-order valence-electron chi connectivity index (χ2n) is 11.9. The number of fused-ring (bicyclic) bond motifs is 1. The highest BCUT2D eigenvalue weighted by atomic mass is 16.5. The van der Waals surface area contributed by atoms with Crippen molar-refractivity contribution in [2.45, 2.75) is 82.3 Å². The zero-order valence-electron chi connectivity index (χ0n) is 27.2. The molecule has 1 fully saturated rings. The molecule has 13 nitrogen and oxygen atoms in total. The zero-order chi connectivity index (χ0) is 34.0. The molecule has 2 aromatic rings. The van der Waals surface area contributed by atoms with E-state index in [1.165, 1.54) is 0 Å². The van der Waals surface area contributed by atoms with Crippen molar-refractivity contribution in [1.29, 1.82) is 0 Å². The number of hydrogen-bond acceptors (Lipinski definition) is 8. The molecule has 0 unspecified atom stereocenters. The number of unbranched alkanes of at least 4 members (excludes halogenated alkanes) is 3. The molecule has 5 amide bonds. The molecule has 1 heterocycles. The molecule has 2 aromatic carbocycles. The average Bonchev–Trinajstić information content (AvgIpc) is 3.56. The summed E-state index contributed by atoms with van der Waals surface area (Å²) < 4.78 is 5.11. The summed E-state index contributed by atoms with van der Waals surface area (Å²) in [7, 11) is 0. The van der Waals surface area contributed by atoms with E-state index in [-0.39, 0.29) is 32.1 Å². The number of nitrogens with two attached hydrogens (primary N) is 3. The highest BCUT2D eigenvalue weighted by Crippen LogP contribution is 2.23. The lowest BCUT2D eigenvalue weighted by Crippen LogP contribution is -2.56. The maximum Gasteiger partial charge on any atom is 0.243 e. The lowest BCUT2D eigenvalue weighted by atomic mass is 10.0. The van der Waals surface area contributed by atoms with Crippen LogP contribution in [0.2, 0.25) is 0 Å². The highest BCUT2D eigenvalue weighted by Gasteiger charge is 2.36. The van der Waals surface area contributed by atoms with Gasteiger partial charge in [0.25, 0.3) is 0 Å². The molecule has 258 valence electrons. The number of rotatable bonds is 21. The fourth-order valence-electron chi connectivity index (χ4n) is 5.83. The lowest BCUT2D eigenvalue weighted by Gasteiger charge is -2.28. The van der Waals surface area contributed by atoms with Crippen molar-refractivity contribution in [3.8, 4) is 0 Å². The predicted octanol–water partition coefficient (Wildman–Crippen LogP) is 0.609. The molecule has 1 saturated heterocycles. The summed E-state index contributed by atoms with van der Waals surface area (Å²) in [4.78, 5) is 66.3. The van der Waals surface area contributed by atoms with E-state index in [9.17, 15) is 24.0 Å². The summed E-state index contributed by atoms with van der Waals surface area (Å²) in [6.07, 6.45) is 5.54. The van der Waals surface area contributed by atoms with Gasteiger partial charge in [0.05, 0.1) is 13.0 Å². The third-order valence-corrected chi connectivity index (χ3v) is 8.30. The van der Waals surface area contributed by atoms with Crippen molar-refractivity contribution in [1.82, 2.24) is 20.9 Å². The van der Waals surface area contributed by atoms with Crippen LogP contribution in [0.4, 0.5) is 0 Å². The maximum absolute atomic E-state index is 13.6. The van der Waals surface area contributed by atoms with Crippen LogP contribution in [0.3, 0.4) is 0 Å². The van der Waals surface area contributed by atoms with Crippen LogP contribution in [-0.2, 0) is 35.1 Å².